The lowest BCUT2D eigenvalue weighted by Gasteiger charge is -2.22. The van der Waals surface area contributed by atoms with E-state index in [0.29, 0.717) is 29.0 Å². The van der Waals surface area contributed by atoms with Crippen LogP contribution < -0.4 is 10.2 Å². The molecule has 0 saturated carbocycles. The summed E-state index contributed by atoms with van der Waals surface area (Å²) in [4.78, 5) is 18.3. The maximum absolute atomic E-state index is 14.7. The van der Waals surface area contributed by atoms with Gasteiger partial charge in [0.2, 0.25) is 0 Å². The van der Waals surface area contributed by atoms with Crippen molar-refractivity contribution < 1.29 is 13.2 Å². The molecule has 33 heavy (non-hydrogen) atoms. The Morgan fingerprint density at radius 3 is 2.58 bits per heavy atom. The lowest BCUT2D eigenvalue weighted by atomic mass is 10.0. The number of aryl methyl sites for hydroxylation is 1. The van der Waals surface area contributed by atoms with Gasteiger partial charge in [-0.1, -0.05) is 11.5 Å². The summed E-state index contributed by atoms with van der Waals surface area (Å²) in [6.07, 6.45) is 0.113. The van der Waals surface area contributed by atoms with Gasteiger partial charge in [0.1, 0.15) is 28.9 Å². The number of fused-ring (bicyclic) bond motifs is 2. The molecule has 2 aliphatic heterocycles. The monoisotopic (exact) mass is 454 g/mol. The van der Waals surface area contributed by atoms with Crippen molar-refractivity contribution in [1.82, 2.24) is 19.9 Å². The highest BCUT2D eigenvalue weighted by Crippen LogP contribution is 2.34. The van der Waals surface area contributed by atoms with Crippen LogP contribution in [0, 0.1) is 18.8 Å². The Labute approximate surface area is 190 Å². The number of nitrogens with one attached hydrogen (secondary N) is 1. The van der Waals surface area contributed by atoms with Crippen LogP contribution >= 0.6 is 0 Å². The van der Waals surface area contributed by atoms with Crippen LogP contribution in [0.2, 0.25) is 0 Å². The largest absolute Gasteiger partial charge is 0.363 e. The Morgan fingerprint density at radius 1 is 1.15 bits per heavy atom. The average molecular weight is 455 g/mol. The first kappa shape index (κ1) is 21.7. The van der Waals surface area contributed by atoms with E-state index in [1.165, 1.54) is 6.08 Å². The highest BCUT2D eigenvalue weighted by Gasteiger charge is 2.39. The van der Waals surface area contributed by atoms with Crippen molar-refractivity contribution >= 4 is 22.5 Å². The molecule has 0 aromatic carbocycles. The van der Waals surface area contributed by atoms with Crippen molar-refractivity contribution in [2.45, 2.75) is 26.3 Å². The molecule has 1 aliphatic carbocycles. The third-order valence-electron chi connectivity index (χ3n) is 6.63. The van der Waals surface area contributed by atoms with Gasteiger partial charge in [-0.2, -0.15) is 0 Å². The zero-order chi connectivity index (χ0) is 23.3. The molecule has 6 nitrogen and oxygen atoms in total. The maximum atomic E-state index is 14.7. The van der Waals surface area contributed by atoms with Crippen molar-refractivity contribution in [3.63, 3.8) is 0 Å². The number of pyridine rings is 1. The number of halogens is 3. The predicted octanol–water partition coefficient (Wildman–Crippen LogP) is 3.87. The van der Waals surface area contributed by atoms with Crippen LogP contribution in [0.3, 0.4) is 0 Å². The topological polar surface area (TPSA) is 57.2 Å². The summed E-state index contributed by atoms with van der Waals surface area (Å²) in [7, 11) is 2.16. The Bertz CT molecular complexity index is 1230. The normalized spacial score (nSPS) is 23.6. The van der Waals surface area contributed by atoms with Crippen LogP contribution in [0.5, 0.6) is 0 Å². The molecule has 0 amide bonds. The molecule has 2 aromatic heterocycles. The number of allylic oxidation sites excluding steroid dienone is 2. The third-order valence-corrected chi connectivity index (χ3v) is 6.63. The number of hydrogen-bond acceptors (Lipinski definition) is 6. The number of likely N-dealkylation sites (tertiary alicyclic amines) is 1. The fraction of sp³-hybridized carbons (Fsp3) is 0.458. The van der Waals surface area contributed by atoms with Crippen molar-refractivity contribution in [3.05, 3.63) is 52.6 Å². The Hall–Kier alpha value is -3.12. The standard InChI is InChI=1S/C24H25F3N6/c1-13(17-5-4-6-18(22(17)25)23(26)27)29-24-19-7-21(28-8-20(19)30-14(2)31-24)33-11-15-9-32(3)10-16(15)12-33/h5,7-8,13,15-16,23H,9-12H2,1-3H3,(H,29,30,31)/t13-,15?,16?/m1/s1. The summed E-state index contributed by atoms with van der Waals surface area (Å²) >= 11 is 0. The fourth-order valence-corrected chi connectivity index (χ4v) is 5.05. The van der Waals surface area contributed by atoms with Crippen LogP contribution in [0.1, 0.15) is 12.7 Å². The van der Waals surface area contributed by atoms with Crippen molar-refractivity contribution in [2.24, 2.45) is 11.8 Å². The summed E-state index contributed by atoms with van der Waals surface area (Å²) in [5.41, 5.74) is 4.64. The molecular weight excluding hydrogens is 429 g/mol. The van der Waals surface area contributed by atoms with Crippen LogP contribution in [0.25, 0.3) is 10.9 Å². The van der Waals surface area contributed by atoms with Gasteiger partial charge < -0.3 is 15.1 Å². The van der Waals surface area contributed by atoms with Gasteiger partial charge in [0, 0.05) is 37.1 Å². The minimum absolute atomic E-state index is 0.0826. The number of rotatable bonds is 5. The summed E-state index contributed by atoms with van der Waals surface area (Å²) in [5, 5.41) is 3.95. The number of alkyl halides is 2. The number of nitrogens with zero attached hydrogens (tertiary/aromatic N) is 5. The van der Waals surface area contributed by atoms with Crippen molar-refractivity contribution in [3.8, 4) is 0 Å². The first-order valence-corrected chi connectivity index (χ1v) is 11.0. The molecule has 5 rings (SSSR count). The second kappa shape index (κ2) is 8.34. The third kappa shape index (κ3) is 4.04. The highest BCUT2D eigenvalue weighted by atomic mass is 19.3. The second-order valence-electron chi connectivity index (χ2n) is 9.09. The molecule has 1 N–H and O–H groups in total. The zero-order valence-electron chi connectivity index (χ0n) is 18.7. The van der Waals surface area contributed by atoms with Crippen LogP contribution in [0.15, 0.2) is 46.8 Å². The Kier molecular flexibility index (Phi) is 5.49. The van der Waals surface area contributed by atoms with E-state index in [1.54, 1.807) is 20.0 Å². The molecule has 0 radical (unpaired) electrons. The summed E-state index contributed by atoms with van der Waals surface area (Å²) in [6.45, 7) is 7.57. The van der Waals surface area contributed by atoms with Crippen LogP contribution in [0.4, 0.5) is 24.8 Å². The smallest absolute Gasteiger partial charge is 0.274 e. The Morgan fingerprint density at radius 2 is 1.88 bits per heavy atom. The van der Waals surface area contributed by atoms with Gasteiger partial charge in [-0.15, -0.1) is 0 Å². The van der Waals surface area contributed by atoms with E-state index in [4.69, 9.17) is 0 Å². The van der Waals surface area contributed by atoms with E-state index < -0.39 is 23.9 Å². The number of anilines is 2. The SMILES string of the molecule is Cc1nc(N[C@H](C)C2=C(F)C(C(F)F)=C=C=C2)c2cc(N3CC4CN(C)CC4C3)ncc2n1. The fourth-order valence-electron chi connectivity index (χ4n) is 5.05. The molecule has 2 saturated heterocycles. The molecular formula is C24H25F3N6. The van der Waals surface area contributed by atoms with Gasteiger partial charge in [-0.05, 0) is 44.9 Å². The first-order valence-electron chi connectivity index (χ1n) is 11.0. The Balaban J connectivity index is 1.45. The molecule has 2 aromatic rings. The van der Waals surface area contributed by atoms with E-state index in [0.717, 1.165) is 37.4 Å². The van der Waals surface area contributed by atoms with Crippen molar-refractivity contribution in [2.75, 3.05) is 43.4 Å². The second-order valence-corrected chi connectivity index (χ2v) is 9.09. The summed E-state index contributed by atoms with van der Waals surface area (Å²) < 4.78 is 40.9. The average Bonchev–Trinajstić information content (AvgIpc) is 3.30. The van der Waals surface area contributed by atoms with Crippen LogP contribution in [-0.2, 0) is 0 Å². The molecule has 4 heterocycles. The molecule has 2 unspecified atom stereocenters. The molecule has 2 fully saturated rings. The van der Waals surface area contributed by atoms with Gasteiger partial charge in [0.25, 0.3) is 6.43 Å². The molecule has 0 bridgehead atoms. The van der Waals surface area contributed by atoms with Gasteiger partial charge in [0.05, 0.1) is 17.8 Å². The van der Waals surface area contributed by atoms with E-state index >= 15 is 0 Å². The minimum atomic E-state index is -2.95. The van der Waals surface area contributed by atoms with Gasteiger partial charge in [-0.25, -0.2) is 28.1 Å². The quantitative estimate of drug-likeness (QED) is 0.693. The van der Waals surface area contributed by atoms with Crippen molar-refractivity contribution in [1.29, 1.82) is 0 Å². The highest BCUT2D eigenvalue weighted by molar-refractivity contribution is 5.90. The van der Waals surface area contributed by atoms with E-state index in [-0.39, 0.29) is 5.57 Å². The van der Waals surface area contributed by atoms with Crippen LogP contribution in [-0.4, -0.2) is 65.5 Å². The van der Waals surface area contributed by atoms with E-state index in [9.17, 15) is 13.2 Å². The molecule has 172 valence electrons. The molecule has 0 spiro atoms. The molecule has 3 atom stereocenters. The maximum Gasteiger partial charge on any atom is 0.274 e. The number of aromatic nitrogens is 3. The lowest BCUT2D eigenvalue weighted by molar-refractivity contribution is 0.188. The lowest BCUT2D eigenvalue weighted by Crippen LogP contribution is -2.27. The predicted molar refractivity (Wildman–Crippen MR) is 121 cm³/mol. The zero-order valence-corrected chi connectivity index (χ0v) is 18.7. The minimum Gasteiger partial charge on any atom is -0.363 e. The molecule has 3 aliphatic rings. The summed E-state index contributed by atoms with van der Waals surface area (Å²) in [6, 6.07) is 1.34. The first-order chi connectivity index (χ1) is 15.8. The molecule has 9 heteroatoms. The van der Waals surface area contributed by atoms with Gasteiger partial charge in [0.15, 0.2) is 0 Å². The number of hydrogen-bond donors (Lipinski definition) is 1. The van der Waals surface area contributed by atoms with Gasteiger partial charge in [-0.3, -0.25) is 0 Å². The van der Waals surface area contributed by atoms with E-state index in [1.807, 2.05) is 6.07 Å². The summed E-state index contributed by atoms with van der Waals surface area (Å²) in [5.74, 6) is 2.20. The van der Waals surface area contributed by atoms with E-state index in [2.05, 4.69) is 48.6 Å². The van der Waals surface area contributed by atoms with Gasteiger partial charge >= 0.3 is 0 Å².